The third-order valence-corrected chi connectivity index (χ3v) is 14.1. The van der Waals surface area contributed by atoms with E-state index in [1.807, 2.05) is 0 Å². The van der Waals surface area contributed by atoms with Crippen molar-refractivity contribution in [2.45, 2.75) is 101 Å². The lowest BCUT2D eigenvalue weighted by Gasteiger charge is -2.32. The van der Waals surface area contributed by atoms with Crippen molar-refractivity contribution >= 4 is 85.1 Å². The number of carbonyl (C=O) groups is 9. The van der Waals surface area contributed by atoms with Gasteiger partial charge in [0.15, 0.2) is 11.6 Å². The third-order valence-electron chi connectivity index (χ3n) is 12.3. The SMILES string of the molecule is CC[C@H](C)[C@@H]1NC(=O)CNC(=O)[C@H]2CC(=O)[C@H]([C@@H](C)[C@@H](O)CO)NC(=O)[C@@H]3C[C@@H](O)CN3C(=O)[C@H](CC(N)=O)CC(=O)[C@H](CS(=O)c3[nH]c4cc(OS(=O)(=O)F)ccc4c3C2)NC(=O)CNC1=O. The number of nitrogens with one attached hydrogen (secondary N) is 6. The summed E-state index contributed by atoms with van der Waals surface area (Å²) in [7, 11) is -8.05. The summed E-state index contributed by atoms with van der Waals surface area (Å²) in [5.74, 6) is -15.3. The van der Waals surface area contributed by atoms with Crippen LogP contribution in [0.15, 0.2) is 23.2 Å². The molecule has 4 heterocycles. The smallest absolute Gasteiger partial charge is 0.394 e. The standard InChI is InChI=1S/C41H55FN8O16S2/c1-4-18(2)35-39(61)45-13-33(57)46-27-17-67(63)40-25(24-6-5-23(12-26(24)47-40)66-68(42,64)65)7-20(37(59)44-14-34(58)48-35)8-30(54)36(19(3)31(55)16-51)49-38(60)28-11-22(52)15-50(28)41(62)21(9-29(27)53)10-32(43)56/h5-6,12,18-22,27-28,31,35-36,47,51-52,55H,4,7-11,13-17H2,1-3H3,(H2,43,56)(H,44,59)(H,45,61)(H,46,57)(H,48,58)(H,49,60)/t18-,19-,20+,21-,22+,27-,28-,31-,35-,36-,67?/m0/s1. The van der Waals surface area contributed by atoms with Gasteiger partial charge in [-0.05, 0) is 30.0 Å². The van der Waals surface area contributed by atoms with Crippen LogP contribution in [0.2, 0.25) is 0 Å². The number of hydrogen-bond donors (Lipinski definition) is 10. The Bertz CT molecular complexity index is 2470. The van der Waals surface area contributed by atoms with Gasteiger partial charge in [0, 0.05) is 55.5 Å². The molecule has 11 atom stereocenters. The lowest BCUT2D eigenvalue weighted by Crippen LogP contribution is -2.56. The molecule has 1 saturated heterocycles. The fraction of sp³-hybridized carbons (Fsp3) is 0.585. The topological polar surface area (TPSA) is 380 Å². The molecule has 3 aliphatic heterocycles. The quantitative estimate of drug-likeness (QED) is 0.108. The Labute approximate surface area is 391 Å². The number of H-pyrrole nitrogens is 1. The van der Waals surface area contributed by atoms with Gasteiger partial charge in [-0.2, -0.15) is 8.42 Å². The lowest BCUT2D eigenvalue weighted by molar-refractivity contribution is -0.145. The van der Waals surface area contributed by atoms with Gasteiger partial charge in [-0.25, -0.2) is 0 Å². The van der Waals surface area contributed by atoms with Crippen molar-refractivity contribution in [3.63, 3.8) is 0 Å². The molecule has 0 radical (unpaired) electrons. The minimum Gasteiger partial charge on any atom is -0.394 e. The van der Waals surface area contributed by atoms with Gasteiger partial charge in [-0.1, -0.05) is 31.1 Å². The highest BCUT2D eigenvalue weighted by molar-refractivity contribution is 7.85. The van der Waals surface area contributed by atoms with E-state index in [0.717, 1.165) is 17.0 Å². The van der Waals surface area contributed by atoms with Gasteiger partial charge in [-0.15, -0.1) is 0 Å². The summed E-state index contributed by atoms with van der Waals surface area (Å²) < 4.78 is 55.6. The first-order valence-corrected chi connectivity index (χ1v) is 24.3. The summed E-state index contributed by atoms with van der Waals surface area (Å²) in [6.45, 7) is 1.65. The molecule has 1 aromatic carbocycles. The van der Waals surface area contributed by atoms with Crippen LogP contribution < -0.4 is 36.5 Å². The van der Waals surface area contributed by atoms with Crippen LogP contribution in [0.4, 0.5) is 3.89 Å². The van der Waals surface area contributed by atoms with Crippen molar-refractivity contribution in [2.75, 3.05) is 32.0 Å². The van der Waals surface area contributed by atoms with Crippen LogP contribution in [0.1, 0.15) is 58.4 Å². The largest absolute Gasteiger partial charge is 0.488 e. The molecule has 11 N–H and O–H groups in total. The van der Waals surface area contributed by atoms with Crippen molar-refractivity contribution in [2.24, 2.45) is 29.4 Å². The number of rotatable bonds is 9. The van der Waals surface area contributed by atoms with E-state index in [1.165, 1.54) is 13.0 Å². The predicted molar refractivity (Wildman–Crippen MR) is 234 cm³/mol. The molecule has 2 aromatic rings. The van der Waals surface area contributed by atoms with Crippen molar-refractivity contribution in [1.82, 2.24) is 36.5 Å². The average molecular weight is 999 g/mol. The van der Waals surface area contributed by atoms with Crippen LogP contribution in [-0.2, 0) is 70.9 Å². The number of primary amides is 1. The second kappa shape index (κ2) is 22.5. The normalized spacial score (nSPS) is 28.0. The van der Waals surface area contributed by atoms with Crippen LogP contribution in [0, 0.1) is 23.7 Å². The molecule has 27 heteroatoms. The van der Waals surface area contributed by atoms with Gasteiger partial charge in [0.1, 0.15) is 22.9 Å². The predicted octanol–water partition coefficient (Wildman–Crippen LogP) is -3.85. The van der Waals surface area contributed by atoms with Crippen LogP contribution in [0.3, 0.4) is 0 Å². The van der Waals surface area contributed by atoms with E-state index in [4.69, 9.17) is 5.73 Å². The molecule has 0 saturated carbocycles. The number of nitrogens with zero attached hydrogens (tertiary/aromatic N) is 1. The minimum atomic E-state index is -5.57. The van der Waals surface area contributed by atoms with Gasteiger partial charge >= 0.3 is 10.5 Å². The number of Topliss-reactive ketones (excluding diaryl/α,β-unsaturated/α-hetero) is 2. The average Bonchev–Trinajstić information content (AvgIpc) is 3.84. The van der Waals surface area contributed by atoms with E-state index in [-0.39, 0.29) is 21.5 Å². The molecule has 24 nitrogen and oxygen atoms in total. The Hall–Kier alpha value is -5.90. The molecule has 5 rings (SSSR count). The molecule has 1 fully saturated rings. The number of aromatic amines is 1. The van der Waals surface area contributed by atoms with Gasteiger partial charge in [0.2, 0.25) is 41.4 Å². The Kier molecular flexibility index (Phi) is 17.5. The summed E-state index contributed by atoms with van der Waals surface area (Å²) in [6.07, 6.45) is -6.14. The molecule has 0 aliphatic carbocycles. The van der Waals surface area contributed by atoms with E-state index < -0.39 is 204 Å². The summed E-state index contributed by atoms with van der Waals surface area (Å²) >= 11 is 0. The first-order chi connectivity index (χ1) is 31.9. The highest BCUT2D eigenvalue weighted by atomic mass is 32.3. The van der Waals surface area contributed by atoms with Crippen molar-refractivity contribution in [3.8, 4) is 5.75 Å². The maximum absolute atomic E-state index is 14.7. The van der Waals surface area contributed by atoms with Crippen LogP contribution in [0.25, 0.3) is 10.9 Å². The molecule has 3 aliphatic rings. The summed E-state index contributed by atoms with van der Waals surface area (Å²) in [4.78, 5) is 128. The number of carbonyl (C=O) groups excluding carboxylic acids is 9. The van der Waals surface area contributed by atoms with Crippen molar-refractivity contribution < 1.29 is 79.2 Å². The number of aliphatic hydroxyl groups is 3. The number of aromatic nitrogens is 1. The van der Waals surface area contributed by atoms with Gasteiger partial charge in [0.25, 0.3) is 0 Å². The van der Waals surface area contributed by atoms with E-state index in [1.54, 1.807) is 13.8 Å². The fourth-order valence-corrected chi connectivity index (χ4v) is 10.2. The molecule has 2 bridgehead atoms. The minimum absolute atomic E-state index is 0.0179. The number of ketones is 2. The molecule has 68 heavy (non-hydrogen) atoms. The summed E-state index contributed by atoms with van der Waals surface area (Å²) in [5, 5.41) is 43.4. The van der Waals surface area contributed by atoms with Crippen molar-refractivity contribution in [1.29, 1.82) is 0 Å². The Morgan fingerprint density at radius 3 is 2.24 bits per heavy atom. The zero-order valence-electron chi connectivity index (χ0n) is 37.2. The number of benzene rings is 1. The first-order valence-electron chi connectivity index (χ1n) is 21.6. The molecule has 374 valence electrons. The Balaban J connectivity index is 1.77. The molecular formula is C41H55FN8O16S2. The number of amides is 7. The number of halogens is 1. The fourth-order valence-electron chi connectivity index (χ4n) is 8.42. The molecule has 7 amide bonds. The van der Waals surface area contributed by atoms with Gasteiger partial charge in [-0.3, -0.25) is 47.4 Å². The van der Waals surface area contributed by atoms with Crippen LogP contribution in [0.5, 0.6) is 5.75 Å². The Morgan fingerprint density at radius 1 is 0.941 bits per heavy atom. The summed E-state index contributed by atoms with van der Waals surface area (Å²) in [5.41, 5.74) is 5.42. The number of nitrogens with two attached hydrogens (primary N) is 1. The van der Waals surface area contributed by atoms with Crippen LogP contribution >= 0.6 is 0 Å². The highest BCUT2D eigenvalue weighted by Gasteiger charge is 2.45. The second-order valence-electron chi connectivity index (χ2n) is 17.2. The maximum atomic E-state index is 14.7. The van der Waals surface area contributed by atoms with Crippen molar-refractivity contribution in [3.05, 3.63) is 23.8 Å². The van der Waals surface area contributed by atoms with Crippen LogP contribution in [-0.4, -0.2) is 159 Å². The monoisotopic (exact) mass is 998 g/mol. The van der Waals surface area contributed by atoms with E-state index in [0.29, 0.717) is 6.42 Å². The summed E-state index contributed by atoms with van der Waals surface area (Å²) in [6, 6.07) is -3.14. The van der Waals surface area contributed by atoms with E-state index in [9.17, 15) is 75.0 Å². The second-order valence-corrected chi connectivity index (χ2v) is 19.6. The molecule has 0 spiro atoms. The van der Waals surface area contributed by atoms with Gasteiger partial charge in [0.05, 0.1) is 72.0 Å². The number of hydrogen-bond acceptors (Lipinski definition) is 16. The highest BCUT2D eigenvalue weighted by Crippen LogP contribution is 2.33. The zero-order valence-corrected chi connectivity index (χ0v) is 38.8. The Morgan fingerprint density at radius 2 is 1.60 bits per heavy atom. The van der Waals surface area contributed by atoms with E-state index in [2.05, 4.69) is 35.8 Å². The first kappa shape index (κ1) is 53.1. The zero-order chi connectivity index (χ0) is 50.4. The van der Waals surface area contributed by atoms with Gasteiger partial charge < -0.3 is 61.7 Å². The third kappa shape index (κ3) is 13.2. The maximum Gasteiger partial charge on any atom is 0.488 e. The molecule has 1 aromatic heterocycles. The van der Waals surface area contributed by atoms with E-state index >= 15 is 0 Å². The lowest BCUT2D eigenvalue weighted by atomic mass is 9.85. The molecular weight excluding hydrogens is 944 g/mol. The number of fused-ring (bicyclic) bond motifs is 5. The number of aliphatic hydroxyl groups excluding tert-OH is 3. The molecule has 1 unspecified atom stereocenters.